The van der Waals surface area contributed by atoms with E-state index >= 15 is 0 Å². The summed E-state index contributed by atoms with van der Waals surface area (Å²) in [6.07, 6.45) is 23.4. The van der Waals surface area contributed by atoms with E-state index in [0.717, 1.165) is 62.8 Å². The molecule has 0 bridgehead atoms. The molecule has 47 heavy (non-hydrogen) atoms. The average Bonchev–Trinajstić information content (AvgIpc) is 3.31. The predicted octanol–water partition coefficient (Wildman–Crippen LogP) is 14.3. The first-order valence-corrected chi connectivity index (χ1v) is 18.7. The summed E-state index contributed by atoms with van der Waals surface area (Å²) < 4.78 is 1.64. The van der Waals surface area contributed by atoms with Crippen LogP contribution in [0, 0.1) is 14.9 Å². The van der Waals surface area contributed by atoms with E-state index in [0.29, 0.717) is 0 Å². The first kappa shape index (κ1) is 45.0. The van der Waals surface area contributed by atoms with Gasteiger partial charge in [0.15, 0.2) is 0 Å². The molecule has 0 saturated carbocycles. The Morgan fingerprint density at radius 3 is 1.02 bits per heavy atom. The molecule has 3 heteroatoms. The monoisotopic (exact) mass is 684 g/mol. The summed E-state index contributed by atoms with van der Waals surface area (Å²) in [5.41, 5.74) is 25.4. The molecule has 1 aliphatic heterocycles. The number of unbranched alkanes of at least 4 members (excludes halogenated alkanes) is 8. The van der Waals surface area contributed by atoms with Gasteiger partial charge in [-0.25, -0.2) is 4.70 Å². The maximum Gasteiger partial charge on any atom is 2.00 e. The van der Waals surface area contributed by atoms with E-state index in [4.69, 9.17) is 0 Å². The second-order valence-electron chi connectivity index (χ2n) is 13.4. The zero-order chi connectivity index (χ0) is 31.7. The van der Waals surface area contributed by atoms with Gasteiger partial charge in [-0.15, -0.1) is 0 Å². The molecule has 0 atom stereocenters. The number of nitrogens with zero attached hydrogens (tertiary/aromatic N) is 2. The second-order valence-corrected chi connectivity index (χ2v) is 13.4. The molecule has 0 unspecified atom stereocenters. The van der Waals surface area contributed by atoms with Crippen molar-refractivity contribution in [2.45, 2.75) is 170 Å². The van der Waals surface area contributed by atoms with Crippen LogP contribution in [-0.4, -0.2) is 4.70 Å². The zero-order valence-corrected chi connectivity index (χ0v) is 32.8. The molecule has 0 aromatic heterocycles. The summed E-state index contributed by atoms with van der Waals surface area (Å²) in [5.74, 6) is 0. The van der Waals surface area contributed by atoms with Gasteiger partial charge < -0.3 is 20.4 Å². The molecule has 0 N–H and O–H groups in total. The molecule has 0 amide bonds. The molecule has 0 saturated heterocycles. The van der Waals surface area contributed by atoms with Crippen molar-refractivity contribution in [1.29, 1.82) is 0 Å². The average molecular weight is 686 g/mol. The summed E-state index contributed by atoms with van der Waals surface area (Å²) in [5, 5.41) is 0. The van der Waals surface area contributed by atoms with Crippen LogP contribution < -0.4 is 0 Å². The Kier molecular flexibility index (Phi) is 24.0. The Hall–Kier alpha value is -1.99. The minimum atomic E-state index is 0. The Morgan fingerprint density at radius 1 is 0.404 bits per heavy atom. The molecule has 0 spiro atoms. The van der Waals surface area contributed by atoms with Crippen LogP contribution in [0.3, 0.4) is 0 Å². The SMILES string of the molecule is CCCCCCC1=C(c2cc(CCCC)cc(CCCC)c2)[N+](=[N-])C(c2cc(CCCC)cc(CCCC)c2)=C1CCCC.[CH3-].[CH3-].[Ni+2]. The van der Waals surface area contributed by atoms with Gasteiger partial charge in [0, 0.05) is 22.3 Å². The third kappa shape index (κ3) is 13.4. The largest absolute Gasteiger partial charge is 2.00 e. The van der Waals surface area contributed by atoms with Crippen LogP contribution in [0.15, 0.2) is 47.5 Å². The van der Waals surface area contributed by atoms with Crippen LogP contribution in [0.1, 0.15) is 178 Å². The standard InChI is InChI=1S/C42H64N2.2CH3.Ni/c1-7-13-19-20-26-40-39(25-18-12-6)41(37-29-33(21-14-8-2)27-34(30-37)22-15-9-3)44(43)42(40)38-31-35(23-16-10-4)28-36(32-38)24-17-11-5;;;/h27-32H,7-26H2,1-6H3;2*1H3;/q;2*-1;+2. The van der Waals surface area contributed by atoms with E-state index < -0.39 is 0 Å². The molecular weight excluding hydrogens is 615 g/mol. The van der Waals surface area contributed by atoms with Crippen molar-refractivity contribution < 1.29 is 21.2 Å². The van der Waals surface area contributed by atoms with Gasteiger partial charge in [0.1, 0.15) is 0 Å². The van der Waals surface area contributed by atoms with Gasteiger partial charge in [0.25, 0.3) is 0 Å². The van der Waals surface area contributed by atoms with Crippen molar-refractivity contribution in [3.8, 4) is 0 Å². The molecule has 2 aromatic carbocycles. The van der Waals surface area contributed by atoms with Crippen LogP contribution in [0.4, 0.5) is 0 Å². The summed E-state index contributed by atoms with van der Waals surface area (Å²) >= 11 is 0. The van der Waals surface area contributed by atoms with Gasteiger partial charge in [0.2, 0.25) is 11.4 Å². The van der Waals surface area contributed by atoms with Crippen LogP contribution in [-0.2, 0) is 42.2 Å². The van der Waals surface area contributed by atoms with Crippen molar-refractivity contribution in [1.82, 2.24) is 0 Å². The molecule has 0 fully saturated rings. The Labute approximate surface area is 302 Å². The molecule has 1 heterocycles. The van der Waals surface area contributed by atoms with E-state index in [9.17, 15) is 5.53 Å². The number of benzene rings is 2. The second kappa shape index (κ2) is 25.1. The number of aryl methyl sites for hydroxylation is 4. The molecule has 0 radical (unpaired) electrons. The summed E-state index contributed by atoms with van der Waals surface area (Å²) in [4.78, 5) is 0. The van der Waals surface area contributed by atoms with Crippen LogP contribution >= 0.6 is 0 Å². The van der Waals surface area contributed by atoms with Crippen molar-refractivity contribution in [2.24, 2.45) is 0 Å². The maximum atomic E-state index is 12.4. The minimum Gasteiger partial charge on any atom is -0.493 e. The van der Waals surface area contributed by atoms with Gasteiger partial charge in [-0.2, -0.15) is 0 Å². The number of rotatable bonds is 22. The van der Waals surface area contributed by atoms with Gasteiger partial charge in [-0.1, -0.05) is 105 Å². The first-order chi connectivity index (χ1) is 21.5. The quantitative estimate of drug-likeness (QED) is 0.0510. The third-order valence-electron chi connectivity index (χ3n) is 9.35. The number of hydrogen-bond acceptors (Lipinski definition) is 0. The Morgan fingerprint density at radius 2 is 0.702 bits per heavy atom. The molecule has 1 aliphatic rings. The van der Waals surface area contributed by atoms with Crippen molar-refractivity contribution >= 4 is 11.4 Å². The van der Waals surface area contributed by atoms with Crippen LogP contribution in [0.25, 0.3) is 16.9 Å². The fraction of sp³-hybridized carbons (Fsp3) is 0.591. The zero-order valence-electron chi connectivity index (χ0n) is 31.8. The van der Waals surface area contributed by atoms with Crippen molar-refractivity contribution in [3.05, 3.63) is 101 Å². The smallest absolute Gasteiger partial charge is 0.493 e. The molecular formula is C44H70N2Ni. The third-order valence-corrected chi connectivity index (χ3v) is 9.35. The summed E-state index contributed by atoms with van der Waals surface area (Å²) in [6.45, 7) is 13.7. The summed E-state index contributed by atoms with van der Waals surface area (Å²) in [7, 11) is 0. The number of hydrogen-bond donors (Lipinski definition) is 0. The number of allylic oxidation sites excluding steroid dienone is 2. The maximum absolute atomic E-state index is 12.4. The van der Waals surface area contributed by atoms with Gasteiger partial charge in [0.05, 0.1) is 0 Å². The molecule has 3 rings (SSSR count). The van der Waals surface area contributed by atoms with Gasteiger partial charge in [-0.3, -0.25) is 0 Å². The molecule has 2 aromatic rings. The normalized spacial score (nSPS) is 12.7. The van der Waals surface area contributed by atoms with Gasteiger partial charge >= 0.3 is 16.5 Å². The molecule has 2 nitrogen and oxygen atoms in total. The topological polar surface area (TPSA) is 25.3 Å². The fourth-order valence-electron chi connectivity index (χ4n) is 6.77. The van der Waals surface area contributed by atoms with Crippen LogP contribution in [0.2, 0.25) is 0 Å². The van der Waals surface area contributed by atoms with E-state index in [-0.39, 0.29) is 31.3 Å². The van der Waals surface area contributed by atoms with Crippen LogP contribution in [0.5, 0.6) is 0 Å². The fourth-order valence-corrected chi connectivity index (χ4v) is 6.77. The van der Waals surface area contributed by atoms with E-state index in [1.807, 2.05) is 0 Å². The van der Waals surface area contributed by atoms with E-state index in [1.165, 1.54) is 122 Å². The molecule has 0 aliphatic carbocycles. The van der Waals surface area contributed by atoms with Crippen molar-refractivity contribution in [2.75, 3.05) is 0 Å². The predicted molar refractivity (Wildman–Crippen MR) is 206 cm³/mol. The van der Waals surface area contributed by atoms with E-state index in [2.05, 4.69) is 77.9 Å². The molecule has 266 valence electrons. The minimum absolute atomic E-state index is 0. The first-order valence-electron chi connectivity index (χ1n) is 18.7. The van der Waals surface area contributed by atoms with Gasteiger partial charge in [-0.05, 0) is 124 Å². The summed E-state index contributed by atoms with van der Waals surface area (Å²) in [6, 6.07) is 14.5. The Bertz CT molecular complexity index is 1200. The van der Waals surface area contributed by atoms with E-state index in [1.54, 1.807) is 4.70 Å². The van der Waals surface area contributed by atoms with Crippen molar-refractivity contribution in [3.63, 3.8) is 0 Å². The Balaban J connectivity index is 0.00000705.